The van der Waals surface area contributed by atoms with Crippen molar-refractivity contribution in [3.05, 3.63) is 23.3 Å². The van der Waals surface area contributed by atoms with Crippen LogP contribution in [0.3, 0.4) is 0 Å². The van der Waals surface area contributed by atoms with Gasteiger partial charge in [0.2, 0.25) is 0 Å². The molecule has 3 heterocycles. The predicted octanol–water partition coefficient (Wildman–Crippen LogP) is 3.94. The summed E-state index contributed by atoms with van der Waals surface area (Å²) < 4.78 is 19.7. The van der Waals surface area contributed by atoms with E-state index in [2.05, 4.69) is 24.0 Å². The van der Waals surface area contributed by atoms with Crippen molar-refractivity contribution in [3.8, 4) is 11.5 Å². The normalized spacial score (nSPS) is 49.5. The van der Waals surface area contributed by atoms with E-state index < -0.39 is 0 Å². The van der Waals surface area contributed by atoms with E-state index >= 15 is 0 Å². The third-order valence-corrected chi connectivity index (χ3v) is 10.8. The van der Waals surface area contributed by atoms with Gasteiger partial charge in [-0.1, -0.05) is 13.0 Å². The van der Waals surface area contributed by atoms with Crippen molar-refractivity contribution in [2.75, 3.05) is 26.8 Å². The highest BCUT2D eigenvalue weighted by molar-refractivity contribution is 5.63. The molecule has 1 aromatic rings. The van der Waals surface area contributed by atoms with Gasteiger partial charge in [-0.15, -0.1) is 0 Å². The molecule has 4 bridgehead atoms. The summed E-state index contributed by atoms with van der Waals surface area (Å²) >= 11 is 0. The number of benzene rings is 1. The molecule has 0 aromatic heterocycles. The fraction of sp³-hybridized carbons (Fsp3) is 0.769. The zero-order valence-electron chi connectivity index (χ0n) is 18.3. The molecule has 3 spiro atoms. The Kier molecular flexibility index (Phi) is 3.00. The summed E-state index contributed by atoms with van der Waals surface area (Å²) in [5, 5.41) is 0. The number of nitrogens with zero attached hydrogens (tertiary/aromatic N) is 1. The number of hydrogen-bond donors (Lipinski definition) is 0. The zero-order valence-corrected chi connectivity index (χ0v) is 18.3. The van der Waals surface area contributed by atoms with Gasteiger partial charge in [0.25, 0.3) is 0 Å². The molecule has 0 radical (unpaired) electrons. The van der Waals surface area contributed by atoms with Crippen LogP contribution >= 0.6 is 0 Å². The van der Waals surface area contributed by atoms with Crippen LogP contribution in [-0.4, -0.2) is 49.5 Å². The SMILES string of the molecule is COc1ccc2c3c1O[C@H]1[C@@]45CC[C@@]6(C[C@@H]4[C@H](C)CO5)[C@@H](C2)N(CC2CC2)CC[C@]316. The van der Waals surface area contributed by atoms with Crippen LogP contribution in [0.25, 0.3) is 0 Å². The Morgan fingerprint density at radius 1 is 1.20 bits per heavy atom. The molecule has 3 aliphatic heterocycles. The minimum absolute atomic E-state index is 0.0803. The van der Waals surface area contributed by atoms with Gasteiger partial charge in [0.15, 0.2) is 11.5 Å². The van der Waals surface area contributed by atoms with Gasteiger partial charge < -0.3 is 14.2 Å². The number of ether oxygens (including phenoxy) is 3. The van der Waals surface area contributed by atoms with Gasteiger partial charge >= 0.3 is 0 Å². The van der Waals surface area contributed by atoms with Crippen molar-refractivity contribution >= 4 is 0 Å². The van der Waals surface area contributed by atoms with Crippen molar-refractivity contribution in [3.63, 3.8) is 0 Å². The Morgan fingerprint density at radius 2 is 2.10 bits per heavy atom. The number of rotatable bonds is 3. The van der Waals surface area contributed by atoms with Crippen LogP contribution in [0.1, 0.15) is 56.6 Å². The van der Waals surface area contributed by atoms with Gasteiger partial charge in [0.05, 0.1) is 13.7 Å². The molecule has 0 unspecified atom stereocenters. The summed E-state index contributed by atoms with van der Waals surface area (Å²) in [6, 6.07) is 5.20. The molecule has 0 amide bonds. The Balaban J connectivity index is 1.39. The number of methoxy groups -OCH3 is 1. The van der Waals surface area contributed by atoms with E-state index in [1.807, 2.05) is 0 Å². The van der Waals surface area contributed by atoms with Crippen LogP contribution in [0.4, 0.5) is 0 Å². The van der Waals surface area contributed by atoms with Gasteiger partial charge in [0, 0.05) is 29.0 Å². The third kappa shape index (κ3) is 1.65. The maximum Gasteiger partial charge on any atom is 0.165 e. The van der Waals surface area contributed by atoms with Crippen LogP contribution in [0.5, 0.6) is 11.5 Å². The molecule has 30 heavy (non-hydrogen) atoms. The summed E-state index contributed by atoms with van der Waals surface area (Å²) in [4.78, 5) is 2.93. The minimum atomic E-state index is -0.0803. The minimum Gasteiger partial charge on any atom is -0.493 e. The van der Waals surface area contributed by atoms with Crippen molar-refractivity contribution in [2.24, 2.45) is 23.2 Å². The summed E-state index contributed by atoms with van der Waals surface area (Å²) in [5.41, 5.74) is 3.48. The molecule has 2 saturated heterocycles. The Bertz CT molecular complexity index is 958. The smallest absolute Gasteiger partial charge is 0.165 e. The molecule has 5 aliphatic carbocycles. The molecule has 7 atom stereocenters. The highest BCUT2D eigenvalue weighted by atomic mass is 16.6. The molecule has 4 heteroatoms. The fourth-order valence-corrected chi connectivity index (χ4v) is 9.57. The first kappa shape index (κ1) is 17.3. The molecular weight excluding hydrogens is 374 g/mol. The summed E-state index contributed by atoms with van der Waals surface area (Å²) in [7, 11) is 1.80. The molecule has 1 aromatic carbocycles. The van der Waals surface area contributed by atoms with Gasteiger partial charge in [-0.2, -0.15) is 0 Å². The van der Waals surface area contributed by atoms with Crippen LogP contribution in [0, 0.1) is 23.2 Å². The number of fused-ring (bicyclic) bond motifs is 1. The average molecular weight is 408 g/mol. The fourth-order valence-electron chi connectivity index (χ4n) is 9.57. The first-order valence-electron chi connectivity index (χ1n) is 12.4. The summed E-state index contributed by atoms with van der Waals surface area (Å²) in [6.07, 6.45) is 9.36. The topological polar surface area (TPSA) is 30.9 Å². The average Bonchev–Trinajstić information content (AvgIpc) is 3.41. The maximum atomic E-state index is 7.04. The van der Waals surface area contributed by atoms with Crippen LogP contribution in [0.15, 0.2) is 12.1 Å². The molecule has 0 N–H and O–H groups in total. The van der Waals surface area contributed by atoms with E-state index in [0.717, 1.165) is 24.0 Å². The van der Waals surface area contributed by atoms with E-state index in [-0.39, 0.29) is 17.1 Å². The zero-order chi connectivity index (χ0) is 19.9. The third-order valence-electron chi connectivity index (χ3n) is 10.8. The van der Waals surface area contributed by atoms with E-state index in [1.165, 1.54) is 69.2 Å². The van der Waals surface area contributed by atoms with Gasteiger partial charge in [-0.25, -0.2) is 0 Å². The molecule has 4 saturated carbocycles. The molecule has 6 fully saturated rings. The van der Waals surface area contributed by atoms with Gasteiger partial charge in [-0.05, 0) is 80.9 Å². The van der Waals surface area contributed by atoms with Crippen molar-refractivity contribution in [1.82, 2.24) is 4.90 Å². The lowest BCUT2D eigenvalue weighted by Crippen LogP contribution is -2.80. The second-order valence-electron chi connectivity index (χ2n) is 11.7. The van der Waals surface area contributed by atoms with Crippen molar-refractivity contribution in [2.45, 2.75) is 75.0 Å². The Labute approximate surface area is 179 Å². The van der Waals surface area contributed by atoms with Gasteiger partial charge in [-0.3, -0.25) is 4.90 Å². The second kappa shape index (κ2) is 5.20. The first-order valence-corrected chi connectivity index (χ1v) is 12.4. The lowest BCUT2D eigenvalue weighted by atomic mass is 9.34. The van der Waals surface area contributed by atoms with Crippen molar-refractivity contribution < 1.29 is 14.2 Å². The maximum absolute atomic E-state index is 7.04. The quantitative estimate of drug-likeness (QED) is 0.759. The highest BCUT2D eigenvalue weighted by Gasteiger charge is 2.82. The Hall–Kier alpha value is -1.26. The largest absolute Gasteiger partial charge is 0.493 e. The molecule has 8 aliphatic rings. The summed E-state index contributed by atoms with van der Waals surface area (Å²) in [5.74, 6) is 4.26. The molecule has 4 nitrogen and oxygen atoms in total. The number of likely N-dealkylation sites (tertiary alicyclic amines) is 1. The van der Waals surface area contributed by atoms with E-state index in [4.69, 9.17) is 14.2 Å². The van der Waals surface area contributed by atoms with E-state index in [0.29, 0.717) is 23.3 Å². The highest BCUT2D eigenvalue weighted by Crippen LogP contribution is 2.78. The molecule has 9 rings (SSSR count). The predicted molar refractivity (Wildman–Crippen MR) is 113 cm³/mol. The molecular formula is C26H33NO3. The van der Waals surface area contributed by atoms with Gasteiger partial charge in [0.1, 0.15) is 11.7 Å². The van der Waals surface area contributed by atoms with Crippen molar-refractivity contribution in [1.29, 1.82) is 0 Å². The Morgan fingerprint density at radius 3 is 2.93 bits per heavy atom. The monoisotopic (exact) mass is 407 g/mol. The van der Waals surface area contributed by atoms with Crippen LogP contribution in [0.2, 0.25) is 0 Å². The van der Waals surface area contributed by atoms with Crippen LogP contribution < -0.4 is 9.47 Å². The van der Waals surface area contributed by atoms with E-state index in [1.54, 1.807) is 7.11 Å². The lowest BCUT2D eigenvalue weighted by Gasteiger charge is -2.73. The standard InChI is InChI=1S/C26H33NO3/c1-15-14-29-26-8-7-24(12-18(15)26)20-11-17-5-6-19(28-2)22-21(17)25(24,23(26)30-22)9-10-27(20)13-16-3-4-16/h5-6,15-16,18,20,23H,3-4,7-14H2,1-2H3/t15-,18-,20-,23-,24-,25+,26-/m1/s1. The lowest BCUT2D eigenvalue weighted by molar-refractivity contribution is -0.260. The first-order chi connectivity index (χ1) is 14.6. The summed E-state index contributed by atoms with van der Waals surface area (Å²) in [6.45, 7) is 5.90. The van der Waals surface area contributed by atoms with E-state index in [9.17, 15) is 0 Å². The van der Waals surface area contributed by atoms with Crippen LogP contribution in [-0.2, 0) is 16.6 Å². The number of hydrogen-bond acceptors (Lipinski definition) is 4. The second-order valence-corrected chi connectivity index (χ2v) is 11.7. The number of piperidine rings is 1. The molecule has 160 valence electrons.